The standard InChI is InChI=1S/C14H9Cl2N3O/c15-8-3-4-11(10(16)6-8)19-14(20)9-7-18-12-2-1-5-17-13(9)12/h1-7,18H,(H,19,20). The number of carbonyl (C=O) groups is 1. The van der Waals surface area contributed by atoms with Gasteiger partial charge < -0.3 is 10.3 Å². The Hall–Kier alpha value is -2.04. The van der Waals surface area contributed by atoms with E-state index in [0.717, 1.165) is 5.52 Å². The Labute approximate surface area is 124 Å². The molecule has 2 N–H and O–H groups in total. The minimum Gasteiger partial charge on any atom is -0.359 e. The van der Waals surface area contributed by atoms with Crippen LogP contribution >= 0.6 is 23.2 Å². The molecule has 20 heavy (non-hydrogen) atoms. The summed E-state index contributed by atoms with van der Waals surface area (Å²) in [5.74, 6) is -0.279. The topological polar surface area (TPSA) is 57.8 Å². The van der Waals surface area contributed by atoms with E-state index in [4.69, 9.17) is 23.2 Å². The zero-order valence-corrected chi connectivity index (χ0v) is 11.7. The molecule has 0 aliphatic rings. The molecule has 0 saturated heterocycles. The van der Waals surface area contributed by atoms with Gasteiger partial charge in [0.2, 0.25) is 0 Å². The molecule has 1 aromatic carbocycles. The Kier molecular flexibility index (Phi) is 3.34. The third-order valence-electron chi connectivity index (χ3n) is 2.86. The number of rotatable bonds is 2. The van der Waals surface area contributed by atoms with Crippen LogP contribution in [0.25, 0.3) is 11.0 Å². The summed E-state index contributed by atoms with van der Waals surface area (Å²) in [5.41, 5.74) is 2.40. The second-order valence-corrected chi connectivity index (χ2v) is 5.02. The van der Waals surface area contributed by atoms with Crippen LogP contribution in [0.3, 0.4) is 0 Å². The minimum atomic E-state index is -0.279. The predicted molar refractivity (Wildman–Crippen MR) is 80.5 cm³/mol. The van der Waals surface area contributed by atoms with Crippen LogP contribution in [0.4, 0.5) is 5.69 Å². The van der Waals surface area contributed by atoms with E-state index in [2.05, 4.69) is 15.3 Å². The molecule has 6 heteroatoms. The average Bonchev–Trinajstić information content (AvgIpc) is 2.86. The molecule has 3 aromatic rings. The molecule has 3 rings (SSSR count). The number of nitrogens with one attached hydrogen (secondary N) is 2. The molecule has 1 amide bonds. The number of aromatic nitrogens is 2. The van der Waals surface area contributed by atoms with Crippen molar-refractivity contribution < 1.29 is 4.79 Å². The molecular formula is C14H9Cl2N3O. The molecular weight excluding hydrogens is 297 g/mol. The molecule has 0 aliphatic carbocycles. The average molecular weight is 306 g/mol. The molecule has 0 bridgehead atoms. The molecule has 0 unspecified atom stereocenters. The van der Waals surface area contributed by atoms with Gasteiger partial charge in [0.05, 0.1) is 21.8 Å². The van der Waals surface area contributed by atoms with Crippen molar-refractivity contribution in [2.24, 2.45) is 0 Å². The summed E-state index contributed by atoms with van der Waals surface area (Å²) in [6, 6.07) is 8.55. The van der Waals surface area contributed by atoms with E-state index in [1.807, 2.05) is 6.07 Å². The van der Waals surface area contributed by atoms with E-state index < -0.39 is 0 Å². The smallest absolute Gasteiger partial charge is 0.259 e. The SMILES string of the molecule is O=C(Nc1ccc(Cl)cc1Cl)c1c[nH]c2cccnc12. The van der Waals surface area contributed by atoms with E-state index in [9.17, 15) is 4.79 Å². The number of amides is 1. The van der Waals surface area contributed by atoms with Crippen molar-refractivity contribution >= 4 is 45.8 Å². The van der Waals surface area contributed by atoms with Gasteiger partial charge in [0, 0.05) is 17.4 Å². The van der Waals surface area contributed by atoms with Crippen LogP contribution in [-0.4, -0.2) is 15.9 Å². The van der Waals surface area contributed by atoms with Crippen LogP contribution in [-0.2, 0) is 0 Å². The van der Waals surface area contributed by atoms with Gasteiger partial charge in [-0.25, -0.2) is 0 Å². The Bertz CT molecular complexity index is 798. The van der Waals surface area contributed by atoms with Crippen molar-refractivity contribution in [2.45, 2.75) is 0 Å². The summed E-state index contributed by atoms with van der Waals surface area (Å²) in [7, 11) is 0. The van der Waals surface area contributed by atoms with Crippen LogP contribution < -0.4 is 5.32 Å². The van der Waals surface area contributed by atoms with Gasteiger partial charge in [-0.15, -0.1) is 0 Å². The number of anilines is 1. The molecule has 0 fully saturated rings. The lowest BCUT2D eigenvalue weighted by molar-refractivity contribution is 0.102. The Balaban J connectivity index is 1.93. The highest BCUT2D eigenvalue weighted by Crippen LogP contribution is 2.26. The molecule has 0 radical (unpaired) electrons. The van der Waals surface area contributed by atoms with E-state index in [-0.39, 0.29) is 5.91 Å². The van der Waals surface area contributed by atoms with E-state index in [1.54, 1.807) is 36.7 Å². The Morgan fingerprint density at radius 1 is 1.25 bits per heavy atom. The first kappa shape index (κ1) is 13.0. The molecule has 100 valence electrons. The number of pyridine rings is 1. The van der Waals surface area contributed by atoms with E-state index in [0.29, 0.717) is 26.8 Å². The minimum absolute atomic E-state index is 0.279. The zero-order valence-electron chi connectivity index (χ0n) is 10.2. The quantitative estimate of drug-likeness (QED) is 0.748. The van der Waals surface area contributed by atoms with Gasteiger partial charge in [0.1, 0.15) is 5.52 Å². The lowest BCUT2D eigenvalue weighted by Crippen LogP contribution is -2.11. The van der Waals surface area contributed by atoms with Crippen LogP contribution in [0.2, 0.25) is 10.0 Å². The maximum absolute atomic E-state index is 12.3. The zero-order chi connectivity index (χ0) is 14.1. The molecule has 2 aromatic heterocycles. The lowest BCUT2D eigenvalue weighted by atomic mass is 10.2. The van der Waals surface area contributed by atoms with Gasteiger partial charge >= 0.3 is 0 Å². The second-order valence-electron chi connectivity index (χ2n) is 4.18. The Morgan fingerprint density at radius 2 is 2.10 bits per heavy atom. The first-order chi connectivity index (χ1) is 9.65. The number of H-pyrrole nitrogens is 1. The number of carbonyl (C=O) groups excluding carboxylic acids is 1. The number of nitrogens with zero attached hydrogens (tertiary/aromatic N) is 1. The highest BCUT2D eigenvalue weighted by Gasteiger charge is 2.14. The number of aromatic amines is 1. The number of fused-ring (bicyclic) bond motifs is 1. The fraction of sp³-hybridized carbons (Fsp3) is 0. The monoisotopic (exact) mass is 305 g/mol. The highest BCUT2D eigenvalue weighted by atomic mass is 35.5. The number of hydrogen-bond donors (Lipinski definition) is 2. The highest BCUT2D eigenvalue weighted by molar-refractivity contribution is 6.37. The summed E-state index contributed by atoms with van der Waals surface area (Å²) in [6.07, 6.45) is 3.26. The van der Waals surface area contributed by atoms with Crippen molar-refractivity contribution in [3.8, 4) is 0 Å². The van der Waals surface area contributed by atoms with Crippen molar-refractivity contribution in [1.29, 1.82) is 0 Å². The van der Waals surface area contributed by atoms with Gasteiger partial charge in [-0.1, -0.05) is 23.2 Å². The van der Waals surface area contributed by atoms with Crippen LogP contribution in [0.5, 0.6) is 0 Å². The number of benzene rings is 1. The van der Waals surface area contributed by atoms with Gasteiger partial charge in [0.25, 0.3) is 5.91 Å². The summed E-state index contributed by atoms with van der Waals surface area (Å²) in [5, 5.41) is 3.65. The predicted octanol–water partition coefficient (Wildman–Crippen LogP) is 4.12. The number of halogens is 2. The third-order valence-corrected chi connectivity index (χ3v) is 3.41. The van der Waals surface area contributed by atoms with Gasteiger partial charge in [0.15, 0.2) is 0 Å². The largest absolute Gasteiger partial charge is 0.359 e. The lowest BCUT2D eigenvalue weighted by Gasteiger charge is -2.06. The summed E-state index contributed by atoms with van der Waals surface area (Å²) in [4.78, 5) is 19.5. The van der Waals surface area contributed by atoms with Crippen molar-refractivity contribution in [3.63, 3.8) is 0 Å². The molecule has 0 aliphatic heterocycles. The van der Waals surface area contributed by atoms with Crippen molar-refractivity contribution in [2.75, 3.05) is 5.32 Å². The normalized spacial score (nSPS) is 10.7. The fourth-order valence-electron chi connectivity index (χ4n) is 1.91. The first-order valence-electron chi connectivity index (χ1n) is 5.83. The van der Waals surface area contributed by atoms with Crippen molar-refractivity contribution in [3.05, 3.63) is 58.3 Å². The van der Waals surface area contributed by atoms with Gasteiger partial charge in [-0.2, -0.15) is 0 Å². The summed E-state index contributed by atoms with van der Waals surface area (Å²) >= 11 is 11.8. The first-order valence-corrected chi connectivity index (χ1v) is 6.59. The third kappa shape index (κ3) is 2.35. The molecule has 0 saturated carbocycles. The maximum Gasteiger partial charge on any atom is 0.259 e. The van der Waals surface area contributed by atoms with Gasteiger partial charge in [-0.3, -0.25) is 9.78 Å². The molecule has 0 atom stereocenters. The van der Waals surface area contributed by atoms with Crippen LogP contribution in [0.15, 0.2) is 42.7 Å². The van der Waals surface area contributed by atoms with Crippen LogP contribution in [0, 0.1) is 0 Å². The van der Waals surface area contributed by atoms with Crippen molar-refractivity contribution in [1.82, 2.24) is 9.97 Å². The summed E-state index contributed by atoms with van der Waals surface area (Å²) in [6.45, 7) is 0. The molecule has 2 heterocycles. The molecule has 0 spiro atoms. The van der Waals surface area contributed by atoms with Gasteiger partial charge in [-0.05, 0) is 30.3 Å². The maximum atomic E-state index is 12.3. The molecule has 4 nitrogen and oxygen atoms in total. The van der Waals surface area contributed by atoms with E-state index in [1.165, 1.54) is 0 Å². The fourth-order valence-corrected chi connectivity index (χ4v) is 2.36. The second kappa shape index (κ2) is 5.15. The number of hydrogen-bond acceptors (Lipinski definition) is 2. The summed E-state index contributed by atoms with van der Waals surface area (Å²) < 4.78 is 0. The van der Waals surface area contributed by atoms with E-state index >= 15 is 0 Å². The Morgan fingerprint density at radius 3 is 2.90 bits per heavy atom. The van der Waals surface area contributed by atoms with Crippen LogP contribution in [0.1, 0.15) is 10.4 Å².